The number of piperidine rings is 1. The van der Waals surface area contributed by atoms with Gasteiger partial charge < -0.3 is 19.3 Å². The first-order valence-corrected chi connectivity index (χ1v) is 15.3. The van der Waals surface area contributed by atoms with Crippen molar-refractivity contribution in [2.24, 2.45) is 0 Å². The zero-order valence-electron chi connectivity index (χ0n) is 25.9. The van der Waals surface area contributed by atoms with Gasteiger partial charge in [-0.1, -0.05) is 24.3 Å². The number of benzene rings is 2. The van der Waals surface area contributed by atoms with Crippen LogP contribution < -0.4 is 14.4 Å². The molecular weight excluding hydrogens is 563 g/mol. The number of nitrogens with zero attached hydrogens (tertiary/aromatic N) is 2. The van der Waals surface area contributed by atoms with Crippen LogP contribution in [0.2, 0.25) is 0 Å². The number of carboxylic acid groups (broad SMARTS) is 1. The zero-order valence-corrected chi connectivity index (χ0v) is 25.9. The molecule has 2 aromatic rings. The van der Waals surface area contributed by atoms with Gasteiger partial charge >= 0.3 is 12.1 Å². The van der Waals surface area contributed by atoms with Crippen molar-refractivity contribution in [3.05, 3.63) is 83.2 Å². The van der Waals surface area contributed by atoms with E-state index in [9.17, 15) is 19.1 Å². The number of amides is 1. The van der Waals surface area contributed by atoms with Gasteiger partial charge in [0.05, 0.1) is 30.7 Å². The molecule has 0 bridgehead atoms. The number of rotatable bonds is 10. The molecule has 1 amide bonds. The van der Waals surface area contributed by atoms with Crippen LogP contribution in [0.15, 0.2) is 66.5 Å². The highest BCUT2D eigenvalue weighted by Crippen LogP contribution is 2.41. The predicted molar refractivity (Wildman–Crippen MR) is 168 cm³/mol. The average molecular weight is 605 g/mol. The van der Waals surface area contributed by atoms with E-state index in [4.69, 9.17) is 14.2 Å². The van der Waals surface area contributed by atoms with E-state index >= 15 is 0 Å². The zero-order chi connectivity index (χ0) is 31.5. The van der Waals surface area contributed by atoms with E-state index < -0.39 is 17.0 Å². The standard InChI is InChI=1S/C35H41FN2O6/c1-5-42-29-20-24(21-30(43-6-2)31(29)25-8-7-9-27(36)13-10-25)22-37-18-16-35(17-19-37)23-38(33(41)44-35)28-14-11-26(12-15-28)34(3,4)32(39)40/h7,9-15,20-21H,5-6,8,16-19,22-23H2,1-4H3,(H,39,40). The minimum Gasteiger partial charge on any atom is -0.493 e. The first-order chi connectivity index (χ1) is 21.0. The molecule has 8 nitrogen and oxygen atoms in total. The number of aliphatic carboxylic acids is 1. The molecule has 0 atom stereocenters. The second-order valence-corrected chi connectivity index (χ2v) is 12.1. The van der Waals surface area contributed by atoms with Crippen molar-refractivity contribution in [1.82, 2.24) is 4.90 Å². The van der Waals surface area contributed by atoms with E-state index in [0.717, 1.165) is 41.3 Å². The maximum absolute atomic E-state index is 13.9. The molecule has 2 heterocycles. The number of hydrogen-bond acceptors (Lipinski definition) is 6. The molecule has 3 aliphatic rings. The lowest BCUT2D eigenvalue weighted by atomic mass is 9.85. The van der Waals surface area contributed by atoms with E-state index in [2.05, 4.69) is 4.90 Å². The molecule has 1 spiro atoms. The van der Waals surface area contributed by atoms with Gasteiger partial charge in [0.25, 0.3) is 0 Å². The summed E-state index contributed by atoms with van der Waals surface area (Å²) in [5, 5.41) is 9.54. The summed E-state index contributed by atoms with van der Waals surface area (Å²) in [6.07, 6.45) is 8.12. The van der Waals surface area contributed by atoms with E-state index in [1.54, 1.807) is 55.2 Å². The summed E-state index contributed by atoms with van der Waals surface area (Å²) in [5.41, 5.74) is 2.62. The number of hydrogen-bond donors (Lipinski definition) is 1. The molecule has 0 unspecified atom stereocenters. The Morgan fingerprint density at radius 1 is 1.05 bits per heavy atom. The Morgan fingerprint density at radius 2 is 1.68 bits per heavy atom. The number of anilines is 1. The molecule has 2 aliphatic heterocycles. The SMILES string of the molecule is CCOc1cc(CN2CCC3(CC2)CN(c2ccc(C(C)(C)C(=O)O)cc2)C(=O)O3)cc(OCC)c1C1=CC=C(F)C=CC1. The highest BCUT2D eigenvalue weighted by molar-refractivity contribution is 5.90. The molecule has 44 heavy (non-hydrogen) atoms. The minimum atomic E-state index is -1.02. The monoisotopic (exact) mass is 604 g/mol. The Kier molecular flexibility index (Phi) is 9.15. The molecule has 0 radical (unpaired) electrons. The van der Waals surface area contributed by atoms with Crippen LogP contribution in [0.5, 0.6) is 11.5 Å². The quantitative estimate of drug-likeness (QED) is 0.311. The first kappa shape index (κ1) is 31.3. The summed E-state index contributed by atoms with van der Waals surface area (Å²) in [5.74, 6) is 0.245. The predicted octanol–water partition coefficient (Wildman–Crippen LogP) is 7.03. The Labute approximate surface area is 258 Å². The van der Waals surface area contributed by atoms with Crippen LogP contribution in [0.1, 0.15) is 63.6 Å². The van der Waals surface area contributed by atoms with Crippen LogP contribution in [0.4, 0.5) is 14.9 Å². The fourth-order valence-corrected chi connectivity index (χ4v) is 6.02. The van der Waals surface area contributed by atoms with Crippen molar-refractivity contribution in [3.63, 3.8) is 0 Å². The lowest BCUT2D eigenvalue weighted by molar-refractivity contribution is -0.142. The van der Waals surface area contributed by atoms with E-state index in [1.165, 1.54) is 12.2 Å². The Balaban J connectivity index is 1.28. The summed E-state index contributed by atoms with van der Waals surface area (Å²) in [6.45, 7) is 10.8. The third-order valence-electron chi connectivity index (χ3n) is 8.68. The Morgan fingerprint density at radius 3 is 2.27 bits per heavy atom. The number of allylic oxidation sites excluding steroid dienone is 6. The average Bonchev–Trinajstić information content (AvgIpc) is 3.16. The van der Waals surface area contributed by atoms with Crippen molar-refractivity contribution in [1.29, 1.82) is 0 Å². The van der Waals surface area contributed by atoms with Gasteiger partial charge in [0.2, 0.25) is 0 Å². The lowest BCUT2D eigenvalue weighted by Gasteiger charge is -2.37. The van der Waals surface area contributed by atoms with Gasteiger partial charge in [-0.2, -0.15) is 0 Å². The number of likely N-dealkylation sites (tertiary alicyclic amines) is 1. The first-order valence-electron chi connectivity index (χ1n) is 15.3. The number of carbonyl (C=O) groups is 2. The van der Waals surface area contributed by atoms with Crippen molar-refractivity contribution >= 4 is 23.3 Å². The molecule has 1 aliphatic carbocycles. The fourth-order valence-electron chi connectivity index (χ4n) is 6.02. The smallest absolute Gasteiger partial charge is 0.415 e. The molecule has 0 saturated carbocycles. The maximum Gasteiger partial charge on any atom is 0.415 e. The van der Waals surface area contributed by atoms with Crippen LogP contribution in [0, 0.1) is 0 Å². The van der Waals surface area contributed by atoms with Gasteiger partial charge in [-0.15, -0.1) is 0 Å². The number of halogens is 1. The largest absolute Gasteiger partial charge is 0.493 e. The summed E-state index contributed by atoms with van der Waals surface area (Å²) in [6, 6.07) is 11.2. The van der Waals surface area contributed by atoms with E-state index in [-0.39, 0.29) is 11.9 Å². The third kappa shape index (κ3) is 6.53. The van der Waals surface area contributed by atoms with Crippen LogP contribution in [0.25, 0.3) is 5.57 Å². The second-order valence-electron chi connectivity index (χ2n) is 12.1. The van der Waals surface area contributed by atoms with Gasteiger partial charge in [0.1, 0.15) is 22.9 Å². The summed E-state index contributed by atoms with van der Waals surface area (Å²) >= 11 is 0. The number of ether oxygens (including phenoxy) is 3. The molecule has 234 valence electrons. The highest BCUT2D eigenvalue weighted by atomic mass is 19.1. The topological polar surface area (TPSA) is 88.5 Å². The van der Waals surface area contributed by atoms with Gasteiger partial charge in [-0.05, 0) is 87.2 Å². The molecule has 2 saturated heterocycles. The highest BCUT2D eigenvalue weighted by Gasteiger charge is 2.47. The summed E-state index contributed by atoms with van der Waals surface area (Å²) in [4.78, 5) is 28.6. The molecule has 9 heteroatoms. The Hall–Kier alpha value is -4.11. The van der Waals surface area contributed by atoms with E-state index in [1.807, 2.05) is 26.0 Å². The lowest BCUT2D eigenvalue weighted by Crippen LogP contribution is -2.46. The van der Waals surface area contributed by atoms with Crippen molar-refractivity contribution in [2.75, 3.05) is 37.7 Å². The van der Waals surface area contributed by atoms with Crippen LogP contribution in [-0.2, 0) is 21.5 Å². The van der Waals surface area contributed by atoms with Crippen LogP contribution in [0.3, 0.4) is 0 Å². The number of carbonyl (C=O) groups excluding carboxylic acids is 1. The maximum atomic E-state index is 13.9. The van der Waals surface area contributed by atoms with E-state index in [0.29, 0.717) is 56.8 Å². The molecule has 2 aromatic carbocycles. The fraction of sp³-hybridized carbons (Fsp3) is 0.429. The number of carboxylic acids is 1. The molecule has 5 rings (SSSR count). The molecule has 2 fully saturated rings. The minimum absolute atomic E-state index is 0.288. The van der Waals surface area contributed by atoms with Gasteiger partial charge in [0, 0.05) is 38.2 Å². The normalized spacial score (nSPS) is 18.5. The van der Waals surface area contributed by atoms with Gasteiger partial charge in [0.15, 0.2) is 0 Å². The van der Waals surface area contributed by atoms with Crippen LogP contribution in [-0.4, -0.2) is 60.5 Å². The van der Waals surface area contributed by atoms with Crippen molar-refractivity contribution in [3.8, 4) is 11.5 Å². The van der Waals surface area contributed by atoms with Crippen LogP contribution >= 0.6 is 0 Å². The third-order valence-corrected chi connectivity index (χ3v) is 8.68. The van der Waals surface area contributed by atoms with Crippen molar-refractivity contribution in [2.45, 2.75) is 64.5 Å². The van der Waals surface area contributed by atoms with Gasteiger partial charge in [-0.25, -0.2) is 9.18 Å². The Bertz CT molecular complexity index is 1460. The van der Waals surface area contributed by atoms with Gasteiger partial charge in [-0.3, -0.25) is 14.6 Å². The molecule has 0 aromatic heterocycles. The summed E-state index contributed by atoms with van der Waals surface area (Å²) < 4.78 is 32.0. The second kappa shape index (κ2) is 12.9. The molecule has 1 N–H and O–H groups in total. The molecular formula is C35H41FN2O6. The summed E-state index contributed by atoms with van der Waals surface area (Å²) in [7, 11) is 0. The van der Waals surface area contributed by atoms with Crippen molar-refractivity contribution < 1.29 is 33.3 Å².